The van der Waals surface area contributed by atoms with E-state index in [1.54, 1.807) is 13.2 Å². The molecule has 1 N–H and O–H groups in total. The first-order chi connectivity index (χ1) is 13.7. The number of fused-ring (bicyclic) bond motifs is 1. The Morgan fingerprint density at radius 1 is 1.14 bits per heavy atom. The molecule has 0 radical (unpaired) electrons. The van der Waals surface area contributed by atoms with E-state index in [1.807, 2.05) is 31.2 Å². The number of benzene rings is 2. The normalized spacial score (nSPS) is 13.0. The van der Waals surface area contributed by atoms with Crippen LogP contribution >= 0.6 is 0 Å². The quantitative estimate of drug-likeness (QED) is 0.744. The van der Waals surface area contributed by atoms with Crippen molar-refractivity contribution in [2.75, 3.05) is 23.9 Å². The molecule has 142 valence electrons. The van der Waals surface area contributed by atoms with E-state index in [1.165, 1.54) is 11.9 Å². The Morgan fingerprint density at radius 3 is 2.86 bits per heavy atom. The highest BCUT2D eigenvalue weighted by molar-refractivity contribution is 6.04. The highest BCUT2D eigenvalue weighted by Crippen LogP contribution is 2.32. The third kappa shape index (κ3) is 3.53. The molecule has 0 saturated carbocycles. The number of carbonyl (C=O) groups excluding carboxylic acids is 1. The molecule has 6 nitrogen and oxygen atoms in total. The van der Waals surface area contributed by atoms with E-state index in [-0.39, 0.29) is 5.91 Å². The van der Waals surface area contributed by atoms with E-state index in [4.69, 9.17) is 4.74 Å². The number of hydrogen-bond donors (Lipinski definition) is 1. The van der Waals surface area contributed by atoms with Gasteiger partial charge in [-0.05, 0) is 49.1 Å². The molecule has 1 amide bonds. The Morgan fingerprint density at radius 2 is 2.00 bits per heavy atom. The van der Waals surface area contributed by atoms with Gasteiger partial charge in [-0.25, -0.2) is 9.97 Å². The topological polar surface area (TPSA) is 67.3 Å². The molecule has 0 saturated heterocycles. The van der Waals surface area contributed by atoms with Gasteiger partial charge in [-0.2, -0.15) is 0 Å². The summed E-state index contributed by atoms with van der Waals surface area (Å²) in [6.45, 7) is 2.83. The fourth-order valence-electron chi connectivity index (χ4n) is 3.50. The maximum atomic E-state index is 12.8. The molecule has 0 unspecified atom stereocenters. The second-order valence-electron chi connectivity index (χ2n) is 6.80. The Bertz CT molecular complexity index is 1020. The van der Waals surface area contributed by atoms with Crippen LogP contribution in [0.2, 0.25) is 0 Å². The second kappa shape index (κ2) is 7.68. The van der Waals surface area contributed by atoms with Gasteiger partial charge in [0, 0.05) is 18.3 Å². The van der Waals surface area contributed by atoms with Gasteiger partial charge in [0.15, 0.2) is 0 Å². The number of aromatic nitrogens is 2. The minimum atomic E-state index is -0.294. The van der Waals surface area contributed by atoms with Crippen molar-refractivity contribution in [3.05, 3.63) is 71.7 Å². The number of nitrogens with zero attached hydrogens (tertiary/aromatic N) is 3. The molecule has 2 heterocycles. The lowest BCUT2D eigenvalue weighted by Gasteiger charge is -2.30. The Balaban J connectivity index is 1.61. The van der Waals surface area contributed by atoms with E-state index < -0.39 is 0 Å². The van der Waals surface area contributed by atoms with Gasteiger partial charge in [0.25, 0.3) is 5.91 Å². The molecule has 28 heavy (non-hydrogen) atoms. The molecule has 1 aliphatic rings. The van der Waals surface area contributed by atoms with Crippen LogP contribution in [0.5, 0.6) is 5.75 Å². The van der Waals surface area contributed by atoms with E-state index in [0.29, 0.717) is 17.1 Å². The molecule has 1 aromatic heterocycles. The maximum Gasteiger partial charge on any atom is 0.274 e. The van der Waals surface area contributed by atoms with Crippen LogP contribution in [0.3, 0.4) is 0 Å². The van der Waals surface area contributed by atoms with Gasteiger partial charge in [-0.15, -0.1) is 0 Å². The van der Waals surface area contributed by atoms with Crippen LogP contribution in [0.15, 0.2) is 54.9 Å². The van der Waals surface area contributed by atoms with Crippen LogP contribution in [-0.4, -0.2) is 29.5 Å². The molecule has 0 fully saturated rings. The van der Waals surface area contributed by atoms with Crippen LogP contribution in [0.1, 0.15) is 28.0 Å². The third-order valence-corrected chi connectivity index (χ3v) is 4.88. The minimum absolute atomic E-state index is 0.294. The number of anilines is 3. The zero-order valence-corrected chi connectivity index (χ0v) is 16.0. The van der Waals surface area contributed by atoms with Crippen molar-refractivity contribution in [3.63, 3.8) is 0 Å². The summed E-state index contributed by atoms with van der Waals surface area (Å²) >= 11 is 0. The molecule has 0 bridgehead atoms. The van der Waals surface area contributed by atoms with Gasteiger partial charge in [0.1, 0.15) is 23.6 Å². The SMILES string of the molecule is COc1ccc(C)cc1NC(=O)c1cc(N2CCCc3ccccc32)ncn1. The summed E-state index contributed by atoms with van der Waals surface area (Å²) < 4.78 is 5.34. The van der Waals surface area contributed by atoms with Crippen molar-refractivity contribution in [2.24, 2.45) is 0 Å². The molecule has 1 aliphatic heterocycles. The van der Waals surface area contributed by atoms with E-state index >= 15 is 0 Å². The lowest BCUT2D eigenvalue weighted by molar-refractivity contribution is 0.102. The number of ether oxygens (including phenoxy) is 1. The van der Waals surface area contributed by atoms with Crippen molar-refractivity contribution in [1.29, 1.82) is 0 Å². The van der Waals surface area contributed by atoms with Crippen molar-refractivity contribution in [1.82, 2.24) is 9.97 Å². The van der Waals surface area contributed by atoms with Gasteiger partial charge >= 0.3 is 0 Å². The number of amides is 1. The fourth-order valence-corrected chi connectivity index (χ4v) is 3.50. The Hall–Kier alpha value is -3.41. The highest BCUT2D eigenvalue weighted by Gasteiger charge is 2.20. The lowest BCUT2D eigenvalue weighted by atomic mass is 10.0. The number of hydrogen-bond acceptors (Lipinski definition) is 5. The van der Waals surface area contributed by atoms with Crippen molar-refractivity contribution in [3.8, 4) is 5.75 Å². The predicted octanol–water partition coefficient (Wildman–Crippen LogP) is 4.13. The molecule has 0 spiro atoms. The zero-order valence-electron chi connectivity index (χ0n) is 16.0. The van der Waals surface area contributed by atoms with Crippen molar-refractivity contribution >= 4 is 23.1 Å². The van der Waals surface area contributed by atoms with E-state index in [9.17, 15) is 4.79 Å². The first-order valence-corrected chi connectivity index (χ1v) is 9.29. The second-order valence-corrected chi connectivity index (χ2v) is 6.80. The number of methoxy groups -OCH3 is 1. The van der Waals surface area contributed by atoms with Crippen LogP contribution < -0.4 is 15.0 Å². The highest BCUT2D eigenvalue weighted by atomic mass is 16.5. The van der Waals surface area contributed by atoms with Gasteiger partial charge in [-0.1, -0.05) is 24.3 Å². The molecule has 0 atom stereocenters. The fraction of sp³-hybridized carbons (Fsp3) is 0.227. The smallest absolute Gasteiger partial charge is 0.274 e. The van der Waals surface area contributed by atoms with Gasteiger partial charge < -0.3 is 15.0 Å². The molecular formula is C22H22N4O2. The molecule has 6 heteroatoms. The molecule has 3 aromatic rings. The summed E-state index contributed by atoms with van der Waals surface area (Å²) in [6.07, 6.45) is 3.54. The summed E-state index contributed by atoms with van der Waals surface area (Å²) in [6, 6.07) is 15.7. The van der Waals surface area contributed by atoms with Crippen LogP contribution in [-0.2, 0) is 6.42 Å². The summed E-state index contributed by atoms with van der Waals surface area (Å²) in [7, 11) is 1.58. The third-order valence-electron chi connectivity index (χ3n) is 4.88. The van der Waals surface area contributed by atoms with Crippen molar-refractivity contribution in [2.45, 2.75) is 19.8 Å². The standard InChI is InChI=1S/C22H22N4O2/c1-15-9-10-20(28-2)17(12-15)25-22(27)18-13-21(24-14-23-18)26-11-5-7-16-6-3-4-8-19(16)26/h3-4,6,8-10,12-14H,5,7,11H2,1-2H3,(H,25,27). The number of aryl methyl sites for hydroxylation is 2. The van der Waals surface area contributed by atoms with Gasteiger partial charge in [0.05, 0.1) is 12.8 Å². The van der Waals surface area contributed by atoms with Crippen LogP contribution in [0, 0.1) is 6.92 Å². The molecular weight excluding hydrogens is 352 g/mol. The van der Waals surface area contributed by atoms with Crippen molar-refractivity contribution < 1.29 is 9.53 Å². The summed E-state index contributed by atoms with van der Waals surface area (Å²) in [5, 5.41) is 2.90. The van der Waals surface area contributed by atoms with Crippen LogP contribution in [0.4, 0.5) is 17.2 Å². The zero-order chi connectivity index (χ0) is 19.5. The molecule has 0 aliphatic carbocycles. The van der Waals surface area contributed by atoms with E-state index in [2.05, 4.69) is 38.4 Å². The average molecular weight is 374 g/mol. The largest absolute Gasteiger partial charge is 0.495 e. The number of para-hydroxylation sites is 1. The Labute approximate surface area is 164 Å². The summed E-state index contributed by atoms with van der Waals surface area (Å²) in [5.41, 5.74) is 4.40. The maximum absolute atomic E-state index is 12.8. The number of rotatable bonds is 4. The number of carbonyl (C=O) groups is 1. The van der Waals surface area contributed by atoms with Gasteiger partial charge in [0.2, 0.25) is 0 Å². The number of nitrogens with one attached hydrogen (secondary N) is 1. The summed E-state index contributed by atoms with van der Waals surface area (Å²) in [4.78, 5) is 23.5. The average Bonchev–Trinajstić information content (AvgIpc) is 2.73. The first-order valence-electron chi connectivity index (χ1n) is 9.29. The predicted molar refractivity (Wildman–Crippen MR) is 109 cm³/mol. The minimum Gasteiger partial charge on any atom is -0.495 e. The van der Waals surface area contributed by atoms with Crippen LogP contribution in [0.25, 0.3) is 0 Å². The van der Waals surface area contributed by atoms with Gasteiger partial charge in [-0.3, -0.25) is 4.79 Å². The molecule has 4 rings (SSSR count). The molecule has 2 aromatic carbocycles. The van der Waals surface area contributed by atoms with E-state index in [0.717, 1.165) is 36.5 Å². The summed E-state index contributed by atoms with van der Waals surface area (Å²) in [5.74, 6) is 1.04. The first kappa shape index (κ1) is 18.0. The lowest BCUT2D eigenvalue weighted by Crippen LogP contribution is -2.26. The monoisotopic (exact) mass is 374 g/mol. The Kier molecular flexibility index (Phi) is 4.93.